The van der Waals surface area contributed by atoms with Crippen LogP contribution in [0.4, 0.5) is 5.69 Å². The number of hydrogen-bond acceptors (Lipinski definition) is 5. The van der Waals surface area contributed by atoms with E-state index in [4.69, 9.17) is 11.5 Å². The predicted molar refractivity (Wildman–Crippen MR) is 77.4 cm³/mol. The molecule has 0 aliphatic heterocycles. The summed E-state index contributed by atoms with van der Waals surface area (Å²) < 4.78 is 26.5. The number of benzene rings is 1. The van der Waals surface area contributed by atoms with E-state index >= 15 is 0 Å². The van der Waals surface area contributed by atoms with Crippen molar-refractivity contribution in [3.8, 4) is 5.69 Å². The monoisotopic (exact) mass is 309 g/mol. The van der Waals surface area contributed by atoms with Crippen molar-refractivity contribution in [2.45, 2.75) is 4.90 Å². The Bertz CT molecular complexity index is 795. The van der Waals surface area contributed by atoms with Gasteiger partial charge in [0.05, 0.1) is 28.0 Å². The smallest absolute Gasteiger partial charge is 0.251 e. The van der Waals surface area contributed by atoms with Gasteiger partial charge in [0.2, 0.25) is 10.0 Å². The molecule has 0 saturated carbocycles. The van der Waals surface area contributed by atoms with Gasteiger partial charge in [0.1, 0.15) is 0 Å². The van der Waals surface area contributed by atoms with Crippen molar-refractivity contribution in [2.75, 3.05) is 19.8 Å². The van der Waals surface area contributed by atoms with Crippen LogP contribution in [0.1, 0.15) is 10.4 Å². The number of carbonyl (C=O) groups excluding carboxylic acids is 1. The zero-order valence-electron chi connectivity index (χ0n) is 11.5. The van der Waals surface area contributed by atoms with Gasteiger partial charge in [0.25, 0.3) is 5.91 Å². The fraction of sp³-hybridized carbons (Fsp3) is 0.167. The molecule has 9 heteroatoms. The molecule has 4 N–H and O–H groups in total. The molecule has 0 aliphatic rings. The SMILES string of the molecule is CN(C)S(=O)(=O)c1ccc(-n2cc(C(N)=O)cn2)c(N)c1. The Kier molecular flexibility index (Phi) is 3.71. The minimum atomic E-state index is -3.56. The first-order valence-corrected chi connectivity index (χ1v) is 7.34. The highest BCUT2D eigenvalue weighted by Gasteiger charge is 2.18. The van der Waals surface area contributed by atoms with E-state index in [2.05, 4.69) is 5.10 Å². The summed E-state index contributed by atoms with van der Waals surface area (Å²) in [6, 6.07) is 4.28. The van der Waals surface area contributed by atoms with Crippen molar-refractivity contribution in [3.63, 3.8) is 0 Å². The first-order chi connectivity index (χ1) is 9.73. The number of nitrogens with zero attached hydrogens (tertiary/aromatic N) is 3. The van der Waals surface area contributed by atoms with E-state index in [9.17, 15) is 13.2 Å². The summed E-state index contributed by atoms with van der Waals surface area (Å²) in [4.78, 5) is 11.1. The van der Waals surface area contributed by atoms with E-state index in [0.717, 1.165) is 4.31 Å². The fourth-order valence-electron chi connectivity index (χ4n) is 1.69. The van der Waals surface area contributed by atoms with Gasteiger partial charge in [0, 0.05) is 20.3 Å². The lowest BCUT2D eigenvalue weighted by Gasteiger charge is -2.13. The quantitative estimate of drug-likeness (QED) is 0.757. The van der Waals surface area contributed by atoms with Gasteiger partial charge in [-0.15, -0.1) is 0 Å². The third-order valence-electron chi connectivity index (χ3n) is 2.89. The number of nitrogens with two attached hydrogens (primary N) is 2. The van der Waals surface area contributed by atoms with E-state index in [1.165, 1.54) is 49.4 Å². The van der Waals surface area contributed by atoms with Crippen LogP contribution in [0.2, 0.25) is 0 Å². The predicted octanol–water partition coefficient (Wildman–Crippen LogP) is -0.196. The molecule has 0 aliphatic carbocycles. The van der Waals surface area contributed by atoms with Crippen LogP contribution in [0.3, 0.4) is 0 Å². The Hall–Kier alpha value is -2.39. The number of amides is 1. The molecule has 112 valence electrons. The van der Waals surface area contributed by atoms with Crippen LogP contribution in [0.5, 0.6) is 0 Å². The van der Waals surface area contributed by atoms with Crippen LogP contribution >= 0.6 is 0 Å². The maximum Gasteiger partial charge on any atom is 0.251 e. The van der Waals surface area contributed by atoms with Crippen LogP contribution in [-0.4, -0.2) is 42.5 Å². The summed E-state index contributed by atoms with van der Waals surface area (Å²) in [6.45, 7) is 0. The summed E-state index contributed by atoms with van der Waals surface area (Å²) in [6.07, 6.45) is 2.74. The molecule has 1 aromatic heterocycles. The van der Waals surface area contributed by atoms with E-state index in [0.29, 0.717) is 5.69 Å². The van der Waals surface area contributed by atoms with Gasteiger partial charge in [-0.25, -0.2) is 17.4 Å². The standard InChI is InChI=1S/C12H15N5O3S/c1-16(2)21(19,20)9-3-4-11(10(13)5-9)17-7-8(6-15-17)12(14)18/h3-7H,13H2,1-2H3,(H2,14,18). The number of nitrogen functional groups attached to an aromatic ring is 1. The van der Waals surface area contributed by atoms with Gasteiger partial charge in [-0.2, -0.15) is 5.10 Å². The van der Waals surface area contributed by atoms with Crippen molar-refractivity contribution in [3.05, 3.63) is 36.2 Å². The largest absolute Gasteiger partial charge is 0.397 e. The number of anilines is 1. The molecule has 1 amide bonds. The molecular weight excluding hydrogens is 294 g/mol. The number of hydrogen-bond donors (Lipinski definition) is 2. The zero-order chi connectivity index (χ0) is 15.8. The number of sulfonamides is 1. The average Bonchev–Trinajstić information content (AvgIpc) is 2.87. The van der Waals surface area contributed by atoms with Gasteiger partial charge in [-0.3, -0.25) is 4.79 Å². The summed E-state index contributed by atoms with van der Waals surface area (Å²) >= 11 is 0. The van der Waals surface area contributed by atoms with Crippen LogP contribution in [-0.2, 0) is 10.0 Å². The lowest BCUT2D eigenvalue weighted by atomic mass is 10.2. The topological polar surface area (TPSA) is 124 Å². The molecule has 0 bridgehead atoms. The number of carbonyl (C=O) groups is 1. The number of rotatable bonds is 4. The molecule has 0 fully saturated rings. The van der Waals surface area contributed by atoms with Gasteiger partial charge in [0.15, 0.2) is 0 Å². The molecular formula is C12H15N5O3S. The second kappa shape index (κ2) is 5.19. The van der Waals surface area contributed by atoms with Gasteiger partial charge in [-0.05, 0) is 18.2 Å². The molecule has 0 atom stereocenters. The minimum Gasteiger partial charge on any atom is -0.397 e. The van der Waals surface area contributed by atoms with Gasteiger partial charge >= 0.3 is 0 Å². The molecule has 2 rings (SSSR count). The molecule has 0 saturated heterocycles. The van der Waals surface area contributed by atoms with E-state index < -0.39 is 15.9 Å². The number of aromatic nitrogens is 2. The lowest BCUT2D eigenvalue weighted by Crippen LogP contribution is -2.22. The van der Waals surface area contributed by atoms with E-state index in [-0.39, 0.29) is 16.1 Å². The Labute approximate surface area is 122 Å². The summed E-state index contributed by atoms with van der Waals surface area (Å²) in [7, 11) is -0.684. The van der Waals surface area contributed by atoms with E-state index in [1.807, 2.05) is 0 Å². The number of primary amides is 1. The highest BCUT2D eigenvalue weighted by molar-refractivity contribution is 7.89. The Morgan fingerprint density at radius 3 is 2.48 bits per heavy atom. The summed E-state index contributed by atoms with van der Waals surface area (Å²) in [5.41, 5.74) is 11.9. The van der Waals surface area contributed by atoms with Crippen LogP contribution in [0.25, 0.3) is 5.69 Å². The Balaban J connectivity index is 2.47. The summed E-state index contributed by atoms with van der Waals surface area (Å²) in [5, 5.41) is 3.97. The van der Waals surface area contributed by atoms with Crippen LogP contribution in [0.15, 0.2) is 35.5 Å². The fourth-order valence-corrected chi connectivity index (χ4v) is 2.63. The molecule has 0 unspecified atom stereocenters. The Morgan fingerprint density at radius 1 is 1.33 bits per heavy atom. The first-order valence-electron chi connectivity index (χ1n) is 5.90. The molecule has 2 aromatic rings. The maximum atomic E-state index is 12.0. The van der Waals surface area contributed by atoms with Gasteiger partial charge in [-0.1, -0.05) is 0 Å². The first kappa shape index (κ1) is 15.0. The third kappa shape index (κ3) is 2.73. The van der Waals surface area contributed by atoms with E-state index in [1.54, 1.807) is 0 Å². The average molecular weight is 309 g/mol. The maximum absolute atomic E-state index is 12.0. The van der Waals surface area contributed by atoms with Crippen LogP contribution in [0, 0.1) is 0 Å². The summed E-state index contributed by atoms with van der Waals surface area (Å²) in [5.74, 6) is -0.605. The normalized spacial score (nSPS) is 11.8. The van der Waals surface area contributed by atoms with Gasteiger partial charge < -0.3 is 11.5 Å². The molecule has 1 heterocycles. The molecule has 0 radical (unpaired) electrons. The van der Waals surface area contributed by atoms with Crippen molar-refractivity contribution >= 4 is 21.6 Å². The third-order valence-corrected chi connectivity index (χ3v) is 4.70. The Morgan fingerprint density at radius 2 is 2.00 bits per heavy atom. The van der Waals surface area contributed by atoms with Crippen molar-refractivity contribution in [2.24, 2.45) is 5.73 Å². The second-order valence-corrected chi connectivity index (χ2v) is 6.70. The highest BCUT2D eigenvalue weighted by atomic mass is 32.2. The van der Waals surface area contributed by atoms with Crippen molar-refractivity contribution in [1.82, 2.24) is 14.1 Å². The minimum absolute atomic E-state index is 0.0797. The lowest BCUT2D eigenvalue weighted by molar-refractivity contribution is 0.100. The molecule has 21 heavy (non-hydrogen) atoms. The zero-order valence-corrected chi connectivity index (χ0v) is 12.3. The highest BCUT2D eigenvalue weighted by Crippen LogP contribution is 2.22. The van der Waals surface area contributed by atoms with Crippen molar-refractivity contribution in [1.29, 1.82) is 0 Å². The molecule has 8 nitrogen and oxygen atoms in total. The molecule has 0 spiro atoms. The second-order valence-electron chi connectivity index (χ2n) is 4.55. The van der Waals surface area contributed by atoms with Crippen LogP contribution < -0.4 is 11.5 Å². The molecule has 1 aromatic carbocycles. The van der Waals surface area contributed by atoms with Crippen molar-refractivity contribution < 1.29 is 13.2 Å².